The van der Waals surface area contributed by atoms with Gasteiger partial charge in [-0.2, -0.15) is 5.10 Å². The molecule has 0 saturated carbocycles. The van der Waals surface area contributed by atoms with Crippen LogP contribution in [0, 0.1) is 12.7 Å². The van der Waals surface area contributed by atoms with Crippen LogP contribution >= 0.6 is 11.3 Å². The molecule has 0 aliphatic heterocycles. The number of aryl methyl sites for hydroxylation is 1. The number of hydrogen-bond donors (Lipinski definition) is 1. The van der Waals surface area contributed by atoms with Gasteiger partial charge in [-0.1, -0.05) is 12.1 Å². The van der Waals surface area contributed by atoms with Crippen molar-refractivity contribution in [2.45, 2.75) is 13.8 Å². The van der Waals surface area contributed by atoms with Crippen LogP contribution in [0.2, 0.25) is 0 Å². The molecule has 1 aromatic carbocycles. The van der Waals surface area contributed by atoms with Crippen molar-refractivity contribution in [3.63, 3.8) is 0 Å². The van der Waals surface area contributed by atoms with Crippen LogP contribution in [0.25, 0.3) is 5.69 Å². The Labute approximate surface area is 151 Å². The number of amides is 1. The monoisotopic (exact) mass is 372 g/mol. The maximum absolute atomic E-state index is 14.0. The third-order valence-electron chi connectivity index (χ3n) is 3.49. The number of halogens is 1. The van der Waals surface area contributed by atoms with E-state index in [-0.39, 0.29) is 22.3 Å². The summed E-state index contributed by atoms with van der Waals surface area (Å²) in [5.74, 6) is -1.56. The van der Waals surface area contributed by atoms with Crippen LogP contribution in [0.1, 0.15) is 33.6 Å². The Morgan fingerprint density at radius 2 is 2.00 bits per heavy atom. The second-order valence-corrected chi connectivity index (χ2v) is 6.27. The molecule has 0 aliphatic carbocycles. The van der Waals surface area contributed by atoms with E-state index in [0.29, 0.717) is 5.69 Å². The summed E-state index contributed by atoms with van der Waals surface area (Å²) in [4.78, 5) is 39.8. The number of nitrogens with zero attached hydrogens (tertiary/aromatic N) is 3. The molecule has 0 aliphatic rings. The van der Waals surface area contributed by atoms with Crippen molar-refractivity contribution in [1.82, 2.24) is 14.8 Å². The molecule has 3 rings (SSSR count). The van der Waals surface area contributed by atoms with E-state index in [9.17, 15) is 18.8 Å². The minimum Gasteiger partial charge on any atom is -0.296 e. The van der Waals surface area contributed by atoms with Gasteiger partial charge in [0.1, 0.15) is 17.2 Å². The molecule has 1 amide bonds. The minimum absolute atomic E-state index is 0.118. The first kappa shape index (κ1) is 17.6. The van der Waals surface area contributed by atoms with Gasteiger partial charge < -0.3 is 0 Å². The van der Waals surface area contributed by atoms with Gasteiger partial charge in [-0.05, 0) is 19.1 Å². The van der Waals surface area contributed by atoms with Gasteiger partial charge in [0, 0.05) is 24.1 Å². The molecule has 1 N–H and O–H groups in total. The van der Waals surface area contributed by atoms with Crippen LogP contribution < -0.4 is 10.7 Å². The highest BCUT2D eigenvalue weighted by atomic mass is 32.1. The molecule has 26 heavy (non-hydrogen) atoms. The van der Waals surface area contributed by atoms with Crippen molar-refractivity contribution in [1.29, 1.82) is 0 Å². The van der Waals surface area contributed by atoms with Crippen LogP contribution in [-0.2, 0) is 0 Å². The normalized spacial score (nSPS) is 10.6. The molecule has 0 saturated heterocycles. The Hall–Kier alpha value is -3.20. The van der Waals surface area contributed by atoms with Gasteiger partial charge in [0.2, 0.25) is 5.43 Å². The Bertz CT molecular complexity index is 1070. The van der Waals surface area contributed by atoms with Crippen molar-refractivity contribution in [3.8, 4) is 5.69 Å². The topological polar surface area (TPSA) is 94.0 Å². The summed E-state index contributed by atoms with van der Waals surface area (Å²) >= 11 is 1.05. The summed E-state index contributed by atoms with van der Waals surface area (Å²) in [6.07, 6.45) is 0. The Kier molecular flexibility index (Phi) is 4.72. The Morgan fingerprint density at radius 1 is 1.27 bits per heavy atom. The SMILES string of the molecule is CC(=O)c1csc(NC(=O)c2nn(-c3ccccc3F)c(C)cc2=O)n1. The molecule has 2 aromatic heterocycles. The molecule has 7 nitrogen and oxygen atoms in total. The molecule has 0 fully saturated rings. The van der Waals surface area contributed by atoms with E-state index in [1.165, 1.54) is 41.3 Å². The average molecular weight is 372 g/mol. The number of anilines is 1. The van der Waals surface area contributed by atoms with E-state index in [0.717, 1.165) is 11.3 Å². The maximum atomic E-state index is 14.0. The van der Waals surface area contributed by atoms with Gasteiger partial charge in [0.25, 0.3) is 5.91 Å². The number of rotatable bonds is 4. The van der Waals surface area contributed by atoms with E-state index in [4.69, 9.17) is 0 Å². The van der Waals surface area contributed by atoms with Crippen molar-refractivity contribution in [3.05, 3.63) is 68.8 Å². The highest BCUT2D eigenvalue weighted by molar-refractivity contribution is 7.14. The lowest BCUT2D eigenvalue weighted by molar-refractivity contribution is 0.100. The number of carbonyl (C=O) groups excluding carboxylic acids is 2. The molecule has 132 valence electrons. The molecule has 3 aromatic rings. The van der Waals surface area contributed by atoms with Crippen molar-refractivity contribution in [2.24, 2.45) is 0 Å². The number of para-hydroxylation sites is 1. The Balaban J connectivity index is 1.98. The van der Waals surface area contributed by atoms with Crippen LogP contribution in [-0.4, -0.2) is 26.5 Å². The molecule has 0 radical (unpaired) electrons. The van der Waals surface area contributed by atoms with Crippen LogP contribution in [0.15, 0.2) is 40.5 Å². The zero-order valence-corrected chi connectivity index (χ0v) is 14.6. The number of hydrogen-bond acceptors (Lipinski definition) is 6. The number of aromatic nitrogens is 3. The summed E-state index contributed by atoms with van der Waals surface area (Å²) in [6.45, 7) is 2.94. The first-order valence-corrected chi connectivity index (χ1v) is 8.38. The quantitative estimate of drug-likeness (QED) is 0.711. The molecule has 9 heteroatoms. The molecule has 0 atom stereocenters. The van der Waals surface area contributed by atoms with E-state index in [1.54, 1.807) is 13.0 Å². The van der Waals surface area contributed by atoms with Gasteiger partial charge in [-0.15, -0.1) is 11.3 Å². The summed E-state index contributed by atoms with van der Waals surface area (Å²) in [5, 5.41) is 8.10. The average Bonchev–Trinajstić information content (AvgIpc) is 3.04. The summed E-state index contributed by atoms with van der Waals surface area (Å²) in [5.41, 5.74) is -0.294. The Morgan fingerprint density at radius 3 is 2.65 bits per heavy atom. The van der Waals surface area contributed by atoms with E-state index in [2.05, 4.69) is 15.4 Å². The molecule has 0 bridgehead atoms. The molecule has 0 spiro atoms. The number of benzene rings is 1. The molecule has 0 unspecified atom stereocenters. The van der Waals surface area contributed by atoms with Crippen LogP contribution in [0.5, 0.6) is 0 Å². The first-order chi connectivity index (χ1) is 12.4. The summed E-state index contributed by atoms with van der Waals surface area (Å²) in [6, 6.07) is 7.10. The van der Waals surface area contributed by atoms with E-state index < -0.39 is 22.8 Å². The standard InChI is InChI=1S/C17H13FN4O3S/c1-9-7-14(24)15(21-22(9)13-6-4-3-5-11(13)18)16(25)20-17-19-12(8-26-17)10(2)23/h3-8H,1-2H3,(H,19,20,25). The first-order valence-electron chi connectivity index (χ1n) is 7.50. The fourth-order valence-corrected chi connectivity index (χ4v) is 2.97. The smallest absolute Gasteiger partial charge is 0.281 e. The van der Waals surface area contributed by atoms with E-state index >= 15 is 0 Å². The zero-order valence-electron chi connectivity index (χ0n) is 13.8. The van der Waals surface area contributed by atoms with Gasteiger partial charge >= 0.3 is 0 Å². The number of ketones is 1. The zero-order chi connectivity index (χ0) is 18.8. The van der Waals surface area contributed by atoms with Crippen molar-refractivity contribution in [2.75, 3.05) is 5.32 Å². The number of carbonyl (C=O) groups is 2. The number of thiazole rings is 1. The predicted octanol–water partition coefficient (Wildman–Crippen LogP) is 2.59. The molecular formula is C17H13FN4O3S. The fraction of sp³-hybridized carbons (Fsp3) is 0.118. The predicted molar refractivity (Wildman–Crippen MR) is 94.6 cm³/mol. The second kappa shape index (κ2) is 6.96. The lowest BCUT2D eigenvalue weighted by atomic mass is 10.2. The van der Waals surface area contributed by atoms with Gasteiger partial charge in [0.15, 0.2) is 16.6 Å². The van der Waals surface area contributed by atoms with Gasteiger partial charge in [0.05, 0.1) is 0 Å². The van der Waals surface area contributed by atoms with Crippen LogP contribution in [0.3, 0.4) is 0 Å². The van der Waals surface area contributed by atoms with Crippen LogP contribution in [0.4, 0.5) is 9.52 Å². The van der Waals surface area contributed by atoms with Crippen molar-refractivity contribution < 1.29 is 14.0 Å². The maximum Gasteiger partial charge on any atom is 0.281 e. The number of nitrogens with one attached hydrogen (secondary N) is 1. The highest BCUT2D eigenvalue weighted by Gasteiger charge is 2.18. The summed E-state index contributed by atoms with van der Waals surface area (Å²) < 4.78 is 15.2. The lowest BCUT2D eigenvalue weighted by Crippen LogP contribution is -2.27. The minimum atomic E-state index is -0.787. The molecular weight excluding hydrogens is 359 g/mol. The van der Waals surface area contributed by atoms with E-state index in [1.807, 2.05) is 0 Å². The third kappa shape index (κ3) is 3.42. The fourth-order valence-electron chi connectivity index (χ4n) is 2.22. The lowest BCUT2D eigenvalue weighted by Gasteiger charge is -2.11. The highest BCUT2D eigenvalue weighted by Crippen LogP contribution is 2.17. The third-order valence-corrected chi connectivity index (χ3v) is 4.25. The molecule has 2 heterocycles. The van der Waals surface area contributed by atoms with Gasteiger partial charge in [-0.3, -0.25) is 19.7 Å². The number of Topliss-reactive ketones (excluding diaryl/α,β-unsaturated/α-hetero) is 1. The summed E-state index contributed by atoms with van der Waals surface area (Å²) in [7, 11) is 0. The largest absolute Gasteiger partial charge is 0.296 e. The van der Waals surface area contributed by atoms with Gasteiger partial charge in [-0.25, -0.2) is 14.1 Å². The van der Waals surface area contributed by atoms with Crippen molar-refractivity contribution >= 4 is 28.2 Å². The second-order valence-electron chi connectivity index (χ2n) is 5.41.